The molecule has 2 heterocycles. The summed E-state index contributed by atoms with van der Waals surface area (Å²) in [7, 11) is 2.00. The summed E-state index contributed by atoms with van der Waals surface area (Å²) in [6, 6.07) is 7.97. The van der Waals surface area contributed by atoms with Gasteiger partial charge in [0.15, 0.2) is 5.82 Å². The van der Waals surface area contributed by atoms with E-state index >= 15 is 0 Å². The van der Waals surface area contributed by atoms with Gasteiger partial charge in [0, 0.05) is 24.0 Å². The Morgan fingerprint density at radius 3 is 2.48 bits per heavy atom. The highest BCUT2D eigenvalue weighted by Gasteiger charge is 2.10. The Morgan fingerprint density at radius 2 is 1.95 bits per heavy atom. The maximum atomic E-state index is 5.95. The zero-order valence-electron chi connectivity index (χ0n) is 12.9. The van der Waals surface area contributed by atoms with Gasteiger partial charge in [0.25, 0.3) is 0 Å². The number of hydrogen-bond acceptors (Lipinski definition) is 5. The van der Waals surface area contributed by atoms with E-state index in [1.54, 1.807) is 11.3 Å². The maximum absolute atomic E-state index is 5.95. The fourth-order valence-electron chi connectivity index (χ4n) is 1.76. The lowest BCUT2D eigenvalue weighted by atomic mass is 10.1. The van der Waals surface area contributed by atoms with Crippen molar-refractivity contribution >= 4 is 28.8 Å². The summed E-state index contributed by atoms with van der Waals surface area (Å²) < 4.78 is 0.813. The molecular formula is C15H21ClN4S. The first kappa shape index (κ1) is 16.2. The van der Waals surface area contributed by atoms with Gasteiger partial charge in [-0.1, -0.05) is 11.6 Å². The first-order chi connectivity index (χ1) is 9.83. The van der Waals surface area contributed by atoms with Gasteiger partial charge in [0.05, 0.1) is 16.6 Å². The lowest BCUT2D eigenvalue weighted by Crippen LogP contribution is -2.35. The minimum Gasteiger partial charge on any atom is -0.353 e. The monoisotopic (exact) mass is 324 g/mol. The van der Waals surface area contributed by atoms with Gasteiger partial charge in [-0.2, -0.15) is 5.10 Å². The smallest absolute Gasteiger partial charge is 0.151 e. The van der Waals surface area contributed by atoms with Crippen LogP contribution < -0.4 is 10.2 Å². The molecule has 0 atom stereocenters. The minimum absolute atomic E-state index is 0.0790. The summed E-state index contributed by atoms with van der Waals surface area (Å²) in [5, 5.41) is 12.0. The summed E-state index contributed by atoms with van der Waals surface area (Å²) in [5.41, 5.74) is 1.02. The van der Waals surface area contributed by atoms with Gasteiger partial charge in [-0.15, -0.1) is 16.4 Å². The Bertz CT molecular complexity index is 574. The van der Waals surface area contributed by atoms with E-state index in [9.17, 15) is 0 Å². The summed E-state index contributed by atoms with van der Waals surface area (Å²) in [4.78, 5) is 3.28. The quantitative estimate of drug-likeness (QED) is 0.910. The van der Waals surface area contributed by atoms with Gasteiger partial charge in [0.1, 0.15) is 0 Å². The summed E-state index contributed by atoms with van der Waals surface area (Å²) in [6.07, 6.45) is 0. The van der Waals surface area contributed by atoms with E-state index in [2.05, 4.69) is 41.2 Å². The Balaban J connectivity index is 1.94. The molecule has 2 aromatic rings. The van der Waals surface area contributed by atoms with Crippen LogP contribution in [0.3, 0.4) is 0 Å². The number of halogens is 1. The SMILES string of the molecule is CN(Cc1ccc(Cl)s1)c1ccc(CNC(C)(C)C)nn1. The predicted molar refractivity (Wildman–Crippen MR) is 90.1 cm³/mol. The third-order valence-corrected chi connectivity index (χ3v) is 4.13. The van der Waals surface area contributed by atoms with Gasteiger partial charge in [0.2, 0.25) is 0 Å². The Labute approximate surface area is 135 Å². The van der Waals surface area contributed by atoms with Gasteiger partial charge < -0.3 is 10.2 Å². The summed E-state index contributed by atoms with van der Waals surface area (Å²) in [5.74, 6) is 0.860. The maximum Gasteiger partial charge on any atom is 0.151 e. The lowest BCUT2D eigenvalue weighted by molar-refractivity contribution is 0.420. The normalized spacial score (nSPS) is 11.7. The predicted octanol–water partition coefficient (Wildman–Crippen LogP) is 3.72. The van der Waals surface area contributed by atoms with Gasteiger partial charge >= 0.3 is 0 Å². The number of anilines is 1. The van der Waals surface area contributed by atoms with Crippen molar-refractivity contribution < 1.29 is 0 Å². The van der Waals surface area contributed by atoms with Crippen LogP contribution >= 0.6 is 22.9 Å². The third-order valence-electron chi connectivity index (χ3n) is 2.92. The van der Waals surface area contributed by atoms with Crippen molar-refractivity contribution in [1.29, 1.82) is 0 Å². The number of nitrogens with zero attached hydrogens (tertiary/aromatic N) is 3. The molecule has 2 rings (SSSR count). The molecule has 4 nitrogen and oxygen atoms in total. The highest BCUT2D eigenvalue weighted by molar-refractivity contribution is 7.16. The fraction of sp³-hybridized carbons (Fsp3) is 0.467. The van der Waals surface area contributed by atoms with E-state index in [1.807, 2.05) is 31.3 Å². The summed E-state index contributed by atoms with van der Waals surface area (Å²) in [6.45, 7) is 7.91. The minimum atomic E-state index is 0.0790. The van der Waals surface area contributed by atoms with E-state index in [-0.39, 0.29) is 5.54 Å². The highest BCUT2D eigenvalue weighted by atomic mass is 35.5. The van der Waals surface area contributed by atoms with Crippen molar-refractivity contribution in [2.24, 2.45) is 0 Å². The molecule has 6 heteroatoms. The molecule has 2 aromatic heterocycles. The standard InChI is InChI=1S/C15H21ClN4S/c1-15(2,3)17-9-11-5-8-14(19-18-11)20(4)10-12-6-7-13(16)21-12/h5-8,17H,9-10H2,1-4H3. The molecule has 21 heavy (non-hydrogen) atoms. The zero-order valence-corrected chi connectivity index (χ0v) is 14.4. The number of thiophene rings is 1. The average molecular weight is 325 g/mol. The highest BCUT2D eigenvalue weighted by Crippen LogP contribution is 2.23. The molecule has 0 fully saturated rings. The molecule has 0 spiro atoms. The third kappa shape index (κ3) is 5.26. The number of aromatic nitrogens is 2. The molecule has 114 valence electrons. The molecule has 0 saturated heterocycles. The molecule has 0 saturated carbocycles. The first-order valence-corrected chi connectivity index (χ1v) is 8.06. The van der Waals surface area contributed by atoms with Crippen LogP contribution in [-0.4, -0.2) is 22.8 Å². The van der Waals surface area contributed by atoms with Gasteiger partial charge in [-0.25, -0.2) is 0 Å². The van der Waals surface area contributed by atoms with Crippen molar-refractivity contribution in [3.8, 4) is 0 Å². The second-order valence-corrected chi connectivity index (χ2v) is 7.85. The second kappa shape index (κ2) is 6.73. The van der Waals surface area contributed by atoms with Crippen molar-refractivity contribution in [2.75, 3.05) is 11.9 Å². The average Bonchev–Trinajstić information content (AvgIpc) is 2.81. The summed E-state index contributed by atoms with van der Waals surface area (Å²) >= 11 is 7.54. The van der Waals surface area contributed by atoms with E-state index in [1.165, 1.54) is 4.88 Å². The molecular weight excluding hydrogens is 304 g/mol. The molecule has 0 aliphatic rings. The van der Waals surface area contributed by atoms with Crippen molar-refractivity contribution in [2.45, 2.75) is 39.4 Å². The molecule has 0 bridgehead atoms. The van der Waals surface area contributed by atoms with Crippen LogP contribution in [0.4, 0.5) is 5.82 Å². The fourth-order valence-corrected chi connectivity index (χ4v) is 2.90. The lowest BCUT2D eigenvalue weighted by Gasteiger charge is -2.20. The number of nitrogens with one attached hydrogen (secondary N) is 1. The molecule has 0 radical (unpaired) electrons. The Hall–Kier alpha value is -1.17. The Morgan fingerprint density at radius 1 is 1.19 bits per heavy atom. The Kier molecular flexibility index (Phi) is 5.19. The zero-order chi connectivity index (χ0) is 15.5. The van der Waals surface area contributed by atoms with Crippen LogP contribution in [-0.2, 0) is 13.1 Å². The molecule has 0 unspecified atom stereocenters. The number of rotatable bonds is 5. The topological polar surface area (TPSA) is 41.0 Å². The second-order valence-electron chi connectivity index (χ2n) is 6.05. The van der Waals surface area contributed by atoms with Crippen LogP contribution in [0.1, 0.15) is 31.3 Å². The molecule has 1 N–H and O–H groups in total. The molecule has 0 amide bonds. The van der Waals surface area contributed by atoms with Crippen molar-refractivity contribution in [3.05, 3.63) is 39.2 Å². The van der Waals surface area contributed by atoms with E-state index < -0.39 is 0 Å². The van der Waals surface area contributed by atoms with Crippen molar-refractivity contribution in [3.63, 3.8) is 0 Å². The van der Waals surface area contributed by atoms with Crippen LogP contribution in [0.15, 0.2) is 24.3 Å². The van der Waals surface area contributed by atoms with Crippen LogP contribution in [0, 0.1) is 0 Å². The van der Waals surface area contributed by atoms with E-state index in [0.717, 1.165) is 28.9 Å². The molecule has 0 aromatic carbocycles. The van der Waals surface area contributed by atoms with E-state index in [0.29, 0.717) is 0 Å². The molecule has 0 aliphatic carbocycles. The number of hydrogen-bond donors (Lipinski definition) is 1. The van der Waals surface area contributed by atoms with Crippen LogP contribution in [0.5, 0.6) is 0 Å². The van der Waals surface area contributed by atoms with Crippen molar-refractivity contribution in [1.82, 2.24) is 15.5 Å². The van der Waals surface area contributed by atoms with Crippen LogP contribution in [0.2, 0.25) is 4.34 Å². The van der Waals surface area contributed by atoms with Crippen LogP contribution in [0.25, 0.3) is 0 Å². The van der Waals surface area contributed by atoms with Gasteiger partial charge in [-0.05, 0) is 45.0 Å². The van der Waals surface area contributed by atoms with Gasteiger partial charge in [-0.3, -0.25) is 0 Å². The molecule has 0 aliphatic heterocycles. The first-order valence-electron chi connectivity index (χ1n) is 6.86. The van der Waals surface area contributed by atoms with E-state index in [4.69, 9.17) is 11.6 Å². The largest absolute Gasteiger partial charge is 0.353 e.